The van der Waals surface area contributed by atoms with Crippen LogP contribution in [0.1, 0.15) is 32.1 Å². The minimum absolute atomic E-state index is 0.0208. The number of benzene rings is 2. The van der Waals surface area contributed by atoms with Gasteiger partial charge in [0, 0.05) is 18.4 Å². The monoisotopic (exact) mass is 562 g/mol. The van der Waals surface area contributed by atoms with E-state index in [4.69, 9.17) is 0 Å². The molecule has 0 atom stereocenters. The van der Waals surface area contributed by atoms with E-state index in [1.807, 2.05) is 4.72 Å². The van der Waals surface area contributed by atoms with Crippen molar-refractivity contribution < 1.29 is 26.0 Å². The van der Waals surface area contributed by atoms with Gasteiger partial charge in [-0.05, 0) is 60.9 Å². The molecule has 0 aliphatic heterocycles. The van der Waals surface area contributed by atoms with Crippen LogP contribution in [0.3, 0.4) is 0 Å². The minimum atomic E-state index is -4.74. The van der Waals surface area contributed by atoms with Gasteiger partial charge in [-0.15, -0.1) is 0 Å². The maximum absolute atomic E-state index is 15.8. The highest BCUT2D eigenvalue weighted by atomic mass is 32.2. The van der Waals surface area contributed by atoms with Gasteiger partial charge in [0.15, 0.2) is 10.9 Å². The predicted molar refractivity (Wildman–Crippen MR) is 138 cm³/mol. The molecule has 6 nitrogen and oxygen atoms in total. The van der Waals surface area contributed by atoms with Crippen LogP contribution in [0, 0.1) is 23.3 Å². The summed E-state index contributed by atoms with van der Waals surface area (Å²) in [5, 5.41) is 3.84. The molecule has 0 unspecified atom stereocenters. The second-order valence-corrected chi connectivity index (χ2v) is 11.5. The first kappa shape index (κ1) is 26.1. The van der Waals surface area contributed by atoms with Crippen molar-refractivity contribution in [2.24, 2.45) is 0 Å². The average molecular weight is 563 g/mol. The van der Waals surface area contributed by atoms with Gasteiger partial charge in [-0.1, -0.05) is 30.6 Å². The van der Waals surface area contributed by atoms with Crippen molar-refractivity contribution in [3.05, 3.63) is 78.1 Å². The molecule has 1 aliphatic rings. The molecule has 5 rings (SSSR count). The third-order valence-electron chi connectivity index (χ3n) is 6.26. The number of aromatic nitrogens is 2. The molecule has 12 heteroatoms. The Kier molecular flexibility index (Phi) is 7.35. The van der Waals surface area contributed by atoms with E-state index in [1.165, 1.54) is 23.7 Å². The Labute approximate surface area is 220 Å². The van der Waals surface area contributed by atoms with Crippen LogP contribution in [0.2, 0.25) is 0 Å². The summed E-state index contributed by atoms with van der Waals surface area (Å²) in [7, 11) is -4.74. The van der Waals surface area contributed by atoms with Gasteiger partial charge in [0.25, 0.3) is 10.0 Å². The van der Waals surface area contributed by atoms with E-state index in [2.05, 4.69) is 15.3 Å². The van der Waals surface area contributed by atoms with Crippen LogP contribution in [-0.2, 0) is 10.0 Å². The van der Waals surface area contributed by atoms with E-state index < -0.39 is 49.4 Å². The molecule has 198 valence electrons. The predicted octanol–water partition coefficient (Wildman–Crippen LogP) is 6.97. The molecule has 4 aromatic rings. The maximum Gasteiger partial charge on any atom is 0.265 e. The molecule has 2 N–H and O–H groups in total. The van der Waals surface area contributed by atoms with E-state index in [-0.39, 0.29) is 11.7 Å². The standard InChI is InChI=1S/C26H22F4N4O2S2/c27-16-6-7-18(28)21(14-16)38(35,36)34-20-9-8-19(29)22(23(20)30)24-25(15-10-12-31-13-11-15)37-26(33-24)32-17-4-2-1-3-5-17/h6-14,17,34H,1-5H2,(H,32,33). The Balaban J connectivity index is 1.58. The molecule has 0 amide bonds. The zero-order chi connectivity index (χ0) is 26.9. The van der Waals surface area contributed by atoms with E-state index in [0.29, 0.717) is 27.7 Å². The zero-order valence-corrected chi connectivity index (χ0v) is 21.5. The summed E-state index contributed by atoms with van der Waals surface area (Å²) in [6, 6.07) is 7.19. The second-order valence-electron chi connectivity index (χ2n) is 8.88. The fourth-order valence-electron chi connectivity index (χ4n) is 4.40. The minimum Gasteiger partial charge on any atom is -0.359 e. The molecule has 1 aliphatic carbocycles. The first-order chi connectivity index (χ1) is 18.2. The van der Waals surface area contributed by atoms with Gasteiger partial charge < -0.3 is 5.32 Å². The molecule has 1 saturated carbocycles. The molecule has 0 radical (unpaired) electrons. The van der Waals surface area contributed by atoms with Crippen molar-refractivity contribution in [2.45, 2.75) is 43.0 Å². The third-order valence-corrected chi connectivity index (χ3v) is 8.67. The highest BCUT2D eigenvalue weighted by Gasteiger charge is 2.27. The van der Waals surface area contributed by atoms with Crippen LogP contribution in [0.15, 0.2) is 59.8 Å². The van der Waals surface area contributed by atoms with Crippen molar-refractivity contribution in [1.82, 2.24) is 9.97 Å². The van der Waals surface area contributed by atoms with Gasteiger partial charge in [0.1, 0.15) is 22.3 Å². The summed E-state index contributed by atoms with van der Waals surface area (Å²) in [6.45, 7) is 0. The van der Waals surface area contributed by atoms with Crippen LogP contribution in [0.5, 0.6) is 0 Å². The molecule has 0 saturated heterocycles. The average Bonchev–Trinajstić information content (AvgIpc) is 3.31. The van der Waals surface area contributed by atoms with Crippen LogP contribution < -0.4 is 10.0 Å². The van der Waals surface area contributed by atoms with Crippen LogP contribution >= 0.6 is 11.3 Å². The normalized spacial score (nSPS) is 14.4. The molecule has 0 spiro atoms. The summed E-state index contributed by atoms with van der Waals surface area (Å²) in [6.07, 6.45) is 8.29. The van der Waals surface area contributed by atoms with Crippen molar-refractivity contribution in [3.63, 3.8) is 0 Å². The van der Waals surface area contributed by atoms with Gasteiger partial charge in [0.05, 0.1) is 21.8 Å². The van der Waals surface area contributed by atoms with Gasteiger partial charge in [-0.25, -0.2) is 31.0 Å². The lowest BCUT2D eigenvalue weighted by Gasteiger charge is -2.22. The maximum atomic E-state index is 15.8. The zero-order valence-electron chi connectivity index (χ0n) is 19.8. The summed E-state index contributed by atoms with van der Waals surface area (Å²) >= 11 is 1.22. The molecule has 1 fully saturated rings. The largest absolute Gasteiger partial charge is 0.359 e. The third kappa shape index (κ3) is 5.37. The lowest BCUT2D eigenvalue weighted by atomic mass is 9.96. The van der Waals surface area contributed by atoms with Gasteiger partial charge in [0.2, 0.25) is 0 Å². The van der Waals surface area contributed by atoms with Crippen LogP contribution in [0.4, 0.5) is 28.4 Å². The first-order valence-electron chi connectivity index (χ1n) is 11.9. The Morgan fingerprint density at radius 1 is 0.895 bits per heavy atom. The summed E-state index contributed by atoms with van der Waals surface area (Å²) in [5.41, 5.74) is -0.589. The highest BCUT2D eigenvalue weighted by molar-refractivity contribution is 7.92. The Morgan fingerprint density at radius 3 is 2.34 bits per heavy atom. The summed E-state index contributed by atoms with van der Waals surface area (Å²) in [5.74, 6) is -4.42. The molecular formula is C26H22F4N4O2S2. The number of hydrogen-bond acceptors (Lipinski definition) is 6. The van der Waals surface area contributed by atoms with E-state index >= 15 is 8.78 Å². The van der Waals surface area contributed by atoms with Gasteiger partial charge >= 0.3 is 0 Å². The van der Waals surface area contributed by atoms with E-state index in [9.17, 15) is 17.2 Å². The molecular weight excluding hydrogens is 540 g/mol. The Hall–Kier alpha value is -3.51. The molecule has 2 aromatic heterocycles. The molecule has 0 bridgehead atoms. The van der Waals surface area contributed by atoms with Gasteiger partial charge in [-0.2, -0.15) is 0 Å². The fraction of sp³-hybridized carbons (Fsp3) is 0.231. The number of thiazole rings is 1. The summed E-state index contributed by atoms with van der Waals surface area (Å²) in [4.78, 5) is 7.96. The smallest absolute Gasteiger partial charge is 0.265 e. The van der Waals surface area contributed by atoms with Crippen molar-refractivity contribution in [2.75, 3.05) is 10.0 Å². The number of sulfonamides is 1. The number of nitrogens with one attached hydrogen (secondary N) is 2. The van der Waals surface area contributed by atoms with Crippen molar-refractivity contribution >= 4 is 32.2 Å². The molecule has 2 aromatic carbocycles. The first-order valence-corrected chi connectivity index (χ1v) is 14.2. The fourth-order valence-corrected chi connectivity index (χ4v) is 6.61. The van der Waals surface area contributed by atoms with Crippen molar-refractivity contribution in [1.29, 1.82) is 0 Å². The van der Waals surface area contributed by atoms with Gasteiger partial charge in [-0.3, -0.25) is 9.71 Å². The van der Waals surface area contributed by atoms with Crippen LogP contribution in [0.25, 0.3) is 21.7 Å². The molecule has 2 heterocycles. The lowest BCUT2D eigenvalue weighted by molar-refractivity contribution is 0.462. The molecule has 38 heavy (non-hydrogen) atoms. The second kappa shape index (κ2) is 10.7. The van der Waals surface area contributed by atoms with E-state index in [0.717, 1.165) is 50.3 Å². The number of halogens is 4. The Bertz CT molecular complexity index is 1570. The SMILES string of the molecule is O=S(=O)(Nc1ccc(F)c(-c2nc(NC3CCCCC3)sc2-c2ccncc2)c1F)c1cc(F)ccc1F. The highest BCUT2D eigenvalue weighted by Crippen LogP contribution is 2.42. The number of rotatable bonds is 7. The quantitative estimate of drug-likeness (QED) is 0.238. The Morgan fingerprint density at radius 2 is 1.61 bits per heavy atom. The number of hydrogen-bond donors (Lipinski definition) is 2. The van der Waals surface area contributed by atoms with Crippen LogP contribution in [-0.4, -0.2) is 24.4 Å². The number of anilines is 2. The topological polar surface area (TPSA) is 84.0 Å². The summed E-state index contributed by atoms with van der Waals surface area (Å²) < 4.78 is 86.2. The lowest BCUT2D eigenvalue weighted by Crippen LogP contribution is -2.22. The number of pyridine rings is 1. The van der Waals surface area contributed by atoms with E-state index in [1.54, 1.807) is 12.1 Å². The van der Waals surface area contributed by atoms with Crippen molar-refractivity contribution in [3.8, 4) is 21.7 Å². The number of nitrogens with zero attached hydrogens (tertiary/aromatic N) is 2.